The van der Waals surface area contributed by atoms with Crippen LogP contribution >= 0.6 is 0 Å². The molecule has 0 radical (unpaired) electrons. The standard InChI is InChI=1S/C16H24F2N2O3/c1-15(2,3)23-14(21)20-11-6-7-12(22-5)10(8-11)9-16(4,19)13(17)18/h6-8,13H,9,19H2,1-5H3,(H,20,21). The molecule has 1 aromatic carbocycles. The quantitative estimate of drug-likeness (QED) is 0.865. The molecule has 0 heterocycles. The van der Waals surface area contributed by atoms with E-state index in [-0.39, 0.29) is 6.42 Å². The fraction of sp³-hybridized carbons (Fsp3) is 0.562. The van der Waals surface area contributed by atoms with Gasteiger partial charge < -0.3 is 15.2 Å². The smallest absolute Gasteiger partial charge is 0.412 e. The van der Waals surface area contributed by atoms with Gasteiger partial charge >= 0.3 is 6.09 Å². The van der Waals surface area contributed by atoms with E-state index in [9.17, 15) is 13.6 Å². The molecule has 3 N–H and O–H groups in total. The number of nitrogens with one attached hydrogen (secondary N) is 1. The number of methoxy groups -OCH3 is 1. The van der Waals surface area contributed by atoms with Gasteiger partial charge in [-0.2, -0.15) is 0 Å². The van der Waals surface area contributed by atoms with Crippen LogP contribution in [0.2, 0.25) is 0 Å². The minimum atomic E-state index is -2.69. The zero-order valence-electron chi connectivity index (χ0n) is 14.1. The van der Waals surface area contributed by atoms with Crippen molar-refractivity contribution in [2.45, 2.75) is 51.7 Å². The zero-order valence-corrected chi connectivity index (χ0v) is 14.1. The topological polar surface area (TPSA) is 73.6 Å². The van der Waals surface area contributed by atoms with Crippen molar-refractivity contribution in [1.82, 2.24) is 0 Å². The molecule has 0 fully saturated rings. The van der Waals surface area contributed by atoms with E-state index in [0.717, 1.165) is 0 Å². The van der Waals surface area contributed by atoms with Gasteiger partial charge in [0.1, 0.15) is 11.4 Å². The third-order valence-corrected chi connectivity index (χ3v) is 3.00. The van der Waals surface area contributed by atoms with Gasteiger partial charge in [-0.15, -0.1) is 0 Å². The number of carbonyl (C=O) groups is 1. The summed E-state index contributed by atoms with van der Waals surface area (Å²) >= 11 is 0. The largest absolute Gasteiger partial charge is 0.496 e. The first-order chi connectivity index (χ1) is 10.4. The number of rotatable bonds is 5. The number of benzene rings is 1. The van der Waals surface area contributed by atoms with Gasteiger partial charge in [-0.1, -0.05) is 0 Å². The van der Waals surface area contributed by atoms with Crippen LogP contribution in [0, 0.1) is 0 Å². The van der Waals surface area contributed by atoms with Crippen molar-refractivity contribution >= 4 is 11.8 Å². The zero-order chi connectivity index (χ0) is 17.8. The fourth-order valence-electron chi connectivity index (χ4n) is 1.90. The Kier molecular flexibility index (Phi) is 5.93. The molecule has 0 aromatic heterocycles. The molecule has 23 heavy (non-hydrogen) atoms. The Balaban J connectivity index is 2.97. The van der Waals surface area contributed by atoms with E-state index in [1.165, 1.54) is 14.0 Å². The number of nitrogens with two attached hydrogens (primary N) is 1. The lowest BCUT2D eigenvalue weighted by Gasteiger charge is -2.25. The third-order valence-electron chi connectivity index (χ3n) is 3.00. The van der Waals surface area contributed by atoms with Crippen LogP contribution in [0.1, 0.15) is 33.3 Å². The van der Waals surface area contributed by atoms with Crippen molar-refractivity contribution in [3.63, 3.8) is 0 Å². The summed E-state index contributed by atoms with van der Waals surface area (Å²) in [5.74, 6) is 0.428. The molecule has 1 atom stereocenters. The Morgan fingerprint density at radius 1 is 1.30 bits per heavy atom. The van der Waals surface area contributed by atoms with Gasteiger partial charge in [-0.05, 0) is 57.9 Å². The SMILES string of the molecule is COc1ccc(NC(=O)OC(C)(C)C)cc1CC(C)(N)C(F)F. The molecule has 1 rings (SSSR count). The Bertz CT molecular complexity index is 555. The molecule has 5 nitrogen and oxygen atoms in total. The van der Waals surface area contributed by atoms with Gasteiger partial charge in [0.25, 0.3) is 6.43 Å². The number of carbonyl (C=O) groups excluding carboxylic acids is 1. The molecule has 0 aliphatic carbocycles. The second-order valence-corrected chi connectivity index (χ2v) is 6.64. The second kappa shape index (κ2) is 7.12. The van der Waals surface area contributed by atoms with Crippen LogP contribution in [0.4, 0.5) is 19.3 Å². The molecule has 0 saturated carbocycles. The van der Waals surface area contributed by atoms with E-state index in [2.05, 4.69) is 5.32 Å². The summed E-state index contributed by atoms with van der Waals surface area (Å²) in [6, 6.07) is 4.74. The molecule has 0 spiro atoms. The summed E-state index contributed by atoms with van der Waals surface area (Å²) in [6.07, 6.45) is -3.41. The molecule has 0 saturated heterocycles. The summed E-state index contributed by atoms with van der Waals surface area (Å²) < 4.78 is 36.3. The fourth-order valence-corrected chi connectivity index (χ4v) is 1.90. The van der Waals surface area contributed by atoms with Crippen molar-refractivity contribution in [1.29, 1.82) is 0 Å². The number of ether oxygens (including phenoxy) is 2. The molecule has 1 amide bonds. The summed E-state index contributed by atoms with van der Waals surface area (Å²) in [4.78, 5) is 11.8. The summed E-state index contributed by atoms with van der Waals surface area (Å²) in [7, 11) is 1.44. The lowest BCUT2D eigenvalue weighted by Crippen LogP contribution is -2.45. The van der Waals surface area contributed by atoms with Gasteiger partial charge in [0.05, 0.1) is 12.6 Å². The van der Waals surface area contributed by atoms with Gasteiger partial charge in [0.15, 0.2) is 0 Å². The highest BCUT2D eigenvalue weighted by Crippen LogP contribution is 2.28. The predicted molar refractivity (Wildman–Crippen MR) is 85.2 cm³/mol. The number of alkyl halides is 2. The maximum atomic E-state index is 13.0. The number of anilines is 1. The predicted octanol–water partition coefficient (Wildman–Crippen LogP) is 3.57. The van der Waals surface area contributed by atoms with Crippen LogP contribution in [0.25, 0.3) is 0 Å². The van der Waals surface area contributed by atoms with Crippen LogP contribution in [-0.4, -0.2) is 30.8 Å². The van der Waals surface area contributed by atoms with Gasteiger partial charge in [0.2, 0.25) is 0 Å². The number of amides is 1. The highest BCUT2D eigenvalue weighted by Gasteiger charge is 2.31. The van der Waals surface area contributed by atoms with Crippen LogP contribution < -0.4 is 15.8 Å². The summed E-state index contributed by atoms with van der Waals surface area (Å²) in [5, 5.41) is 2.56. The summed E-state index contributed by atoms with van der Waals surface area (Å²) in [6.45, 7) is 6.50. The Morgan fingerprint density at radius 3 is 2.39 bits per heavy atom. The van der Waals surface area contributed by atoms with Gasteiger partial charge in [-0.25, -0.2) is 13.6 Å². The van der Waals surface area contributed by atoms with E-state index in [1.807, 2.05) is 0 Å². The molecule has 0 aliphatic rings. The molecule has 7 heteroatoms. The van der Waals surface area contributed by atoms with E-state index < -0.39 is 23.7 Å². The van der Waals surface area contributed by atoms with E-state index in [4.69, 9.17) is 15.2 Å². The first-order valence-electron chi connectivity index (χ1n) is 7.18. The monoisotopic (exact) mass is 330 g/mol. The summed E-state index contributed by atoms with van der Waals surface area (Å²) in [5.41, 5.74) is 4.20. The Hall–Kier alpha value is -1.89. The van der Waals surface area contributed by atoms with E-state index >= 15 is 0 Å². The van der Waals surface area contributed by atoms with E-state index in [1.54, 1.807) is 39.0 Å². The molecular weight excluding hydrogens is 306 g/mol. The first kappa shape index (κ1) is 19.2. The van der Waals surface area contributed by atoms with Crippen LogP contribution in [0.3, 0.4) is 0 Å². The molecule has 0 bridgehead atoms. The molecule has 0 aliphatic heterocycles. The molecular formula is C16H24F2N2O3. The van der Waals surface area contributed by atoms with Crippen molar-refractivity contribution in [2.24, 2.45) is 5.73 Å². The number of halogens is 2. The van der Waals surface area contributed by atoms with Gasteiger partial charge in [0, 0.05) is 5.69 Å². The molecule has 1 aromatic rings. The van der Waals surface area contributed by atoms with Crippen molar-refractivity contribution in [2.75, 3.05) is 12.4 Å². The average Bonchev–Trinajstić information content (AvgIpc) is 2.36. The highest BCUT2D eigenvalue weighted by atomic mass is 19.3. The lowest BCUT2D eigenvalue weighted by molar-refractivity contribution is 0.0629. The normalized spacial score (nSPS) is 14.3. The maximum absolute atomic E-state index is 13.0. The Labute approximate surface area is 135 Å². The van der Waals surface area contributed by atoms with Crippen LogP contribution in [-0.2, 0) is 11.2 Å². The highest BCUT2D eigenvalue weighted by molar-refractivity contribution is 5.85. The van der Waals surface area contributed by atoms with Crippen molar-refractivity contribution in [3.05, 3.63) is 23.8 Å². The van der Waals surface area contributed by atoms with Crippen molar-refractivity contribution in [3.8, 4) is 5.75 Å². The average molecular weight is 330 g/mol. The molecule has 130 valence electrons. The van der Waals surface area contributed by atoms with Gasteiger partial charge in [-0.3, -0.25) is 5.32 Å². The molecule has 1 unspecified atom stereocenters. The minimum Gasteiger partial charge on any atom is -0.496 e. The second-order valence-electron chi connectivity index (χ2n) is 6.64. The number of hydrogen-bond donors (Lipinski definition) is 2. The lowest BCUT2D eigenvalue weighted by atomic mass is 9.93. The third kappa shape index (κ3) is 6.02. The van der Waals surface area contributed by atoms with Crippen LogP contribution in [0.5, 0.6) is 5.75 Å². The van der Waals surface area contributed by atoms with E-state index in [0.29, 0.717) is 17.0 Å². The minimum absolute atomic E-state index is 0.0995. The first-order valence-corrected chi connectivity index (χ1v) is 7.18. The number of hydrogen-bond acceptors (Lipinski definition) is 4. The van der Waals surface area contributed by atoms with Crippen LogP contribution in [0.15, 0.2) is 18.2 Å². The van der Waals surface area contributed by atoms with Crippen molar-refractivity contribution < 1.29 is 23.0 Å². The Morgan fingerprint density at radius 2 is 1.91 bits per heavy atom. The maximum Gasteiger partial charge on any atom is 0.412 e.